The summed E-state index contributed by atoms with van der Waals surface area (Å²) in [6.07, 6.45) is 9.07. The van der Waals surface area contributed by atoms with Crippen molar-refractivity contribution in [1.29, 1.82) is 0 Å². The van der Waals surface area contributed by atoms with Gasteiger partial charge in [0, 0.05) is 51.0 Å². The third-order valence-corrected chi connectivity index (χ3v) is 4.20. The predicted octanol–water partition coefficient (Wildman–Crippen LogP) is 1.01. The molecular formula is C16H22N6O. The van der Waals surface area contributed by atoms with Crippen LogP contribution in [-0.2, 0) is 11.3 Å². The maximum Gasteiger partial charge on any atom is 0.225 e. The Morgan fingerprint density at radius 3 is 2.87 bits per heavy atom. The highest BCUT2D eigenvalue weighted by Gasteiger charge is 2.26. The molecule has 3 rings (SSSR count). The first-order valence-corrected chi connectivity index (χ1v) is 8.01. The van der Waals surface area contributed by atoms with E-state index < -0.39 is 0 Å². The summed E-state index contributed by atoms with van der Waals surface area (Å²) in [4.78, 5) is 27.2. The Morgan fingerprint density at radius 1 is 1.30 bits per heavy atom. The third-order valence-electron chi connectivity index (χ3n) is 4.20. The number of imidazole rings is 1. The molecule has 0 aliphatic carbocycles. The highest BCUT2D eigenvalue weighted by molar-refractivity contribution is 5.79. The number of aryl methyl sites for hydroxylation is 1. The minimum absolute atomic E-state index is 0.00330. The molecule has 3 heterocycles. The Labute approximate surface area is 135 Å². The molecule has 0 spiro atoms. The summed E-state index contributed by atoms with van der Waals surface area (Å²) in [6.45, 7) is 4.91. The average Bonchev–Trinajstić information content (AvgIpc) is 3.01. The lowest BCUT2D eigenvalue weighted by atomic mass is 9.97. The normalized spacial score (nSPS) is 18.0. The number of rotatable bonds is 5. The molecule has 2 aromatic rings. The molecule has 7 heteroatoms. The number of anilines is 1. The summed E-state index contributed by atoms with van der Waals surface area (Å²) >= 11 is 0. The van der Waals surface area contributed by atoms with E-state index in [1.807, 2.05) is 17.7 Å². The molecule has 1 aliphatic heterocycles. The van der Waals surface area contributed by atoms with Crippen LogP contribution in [0, 0.1) is 12.8 Å². The summed E-state index contributed by atoms with van der Waals surface area (Å²) in [5.41, 5.74) is 0. The van der Waals surface area contributed by atoms with Gasteiger partial charge in [-0.05, 0) is 25.8 Å². The van der Waals surface area contributed by atoms with Crippen LogP contribution in [0.2, 0.25) is 0 Å². The minimum Gasteiger partial charge on any atom is -0.354 e. The van der Waals surface area contributed by atoms with Gasteiger partial charge >= 0.3 is 0 Å². The number of hydrogen-bond acceptors (Lipinski definition) is 5. The SMILES string of the molecule is Cc1nccn1CCNC(=O)[C@@H]1CCCN(c2ncccn2)C1. The van der Waals surface area contributed by atoms with E-state index in [1.165, 1.54) is 0 Å². The quantitative estimate of drug-likeness (QED) is 0.891. The van der Waals surface area contributed by atoms with Gasteiger partial charge in [0.2, 0.25) is 11.9 Å². The van der Waals surface area contributed by atoms with Crippen LogP contribution >= 0.6 is 0 Å². The van der Waals surface area contributed by atoms with E-state index in [1.54, 1.807) is 24.7 Å². The van der Waals surface area contributed by atoms with Crippen molar-refractivity contribution in [2.24, 2.45) is 5.92 Å². The molecule has 0 saturated carbocycles. The summed E-state index contributed by atoms with van der Waals surface area (Å²) in [6, 6.07) is 1.80. The molecule has 0 radical (unpaired) electrons. The van der Waals surface area contributed by atoms with E-state index in [0.717, 1.165) is 31.8 Å². The molecule has 1 N–H and O–H groups in total. The zero-order valence-electron chi connectivity index (χ0n) is 13.4. The van der Waals surface area contributed by atoms with E-state index >= 15 is 0 Å². The van der Waals surface area contributed by atoms with E-state index in [0.29, 0.717) is 19.0 Å². The van der Waals surface area contributed by atoms with Crippen molar-refractivity contribution in [3.05, 3.63) is 36.7 Å². The average molecular weight is 314 g/mol. The standard InChI is InChI=1S/C16H22N6O/c1-13-17-7-10-21(13)11-8-18-15(23)14-4-2-9-22(12-14)16-19-5-3-6-20-16/h3,5-7,10,14H,2,4,8-9,11-12H2,1H3,(H,18,23)/t14-/m1/s1. The van der Waals surface area contributed by atoms with Crippen molar-refractivity contribution in [2.75, 3.05) is 24.5 Å². The summed E-state index contributed by atoms with van der Waals surface area (Å²) in [5, 5.41) is 3.03. The van der Waals surface area contributed by atoms with Gasteiger partial charge in [-0.15, -0.1) is 0 Å². The van der Waals surface area contributed by atoms with Gasteiger partial charge in [0.05, 0.1) is 5.92 Å². The number of amides is 1. The summed E-state index contributed by atoms with van der Waals surface area (Å²) in [7, 11) is 0. The van der Waals surface area contributed by atoms with E-state index in [4.69, 9.17) is 0 Å². The number of hydrogen-bond donors (Lipinski definition) is 1. The van der Waals surface area contributed by atoms with Crippen molar-refractivity contribution in [3.63, 3.8) is 0 Å². The lowest BCUT2D eigenvalue weighted by Crippen LogP contribution is -2.44. The van der Waals surface area contributed by atoms with Crippen LogP contribution in [0.5, 0.6) is 0 Å². The van der Waals surface area contributed by atoms with Crippen LogP contribution < -0.4 is 10.2 Å². The molecular weight excluding hydrogens is 292 g/mol. The van der Waals surface area contributed by atoms with Gasteiger partial charge in [0.15, 0.2) is 0 Å². The first kappa shape index (κ1) is 15.5. The Morgan fingerprint density at radius 2 is 2.13 bits per heavy atom. The van der Waals surface area contributed by atoms with Gasteiger partial charge in [-0.2, -0.15) is 0 Å². The first-order valence-electron chi connectivity index (χ1n) is 8.01. The number of aromatic nitrogens is 4. The Balaban J connectivity index is 1.50. The molecule has 122 valence electrons. The second kappa shape index (κ2) is 7.21. The van der Waals surface area contributed by atoms with Crippen molar-refractivity contribution in [2.45, 2.75) is 26.3 Å². The van der Waals surface area contributed by atoms with Crippen LogP contribution in [0.25, 0.3) is 0 Å². The second-order valence-corrected chi connectivity index (χ2v) is 5.79. The van der Waals surface area contributed by atoms with Gasteiger partial charge in [-0.1, -0.05) is 0 Å². The number of carbonyl (C=O) groups is 1. The van der Waals surface area contributed by atoms with Gasteiger partial charge in [0.25, 0.3) is 0 Å². The number of carbonyl (C=O) groups excluding carboxylic acids is 1. The summed E-state index contributed by atoms with van der Waals surface area (Å²) < 4.78 is 2.03. The highest BCUT2D eigenvalue weighted by atomic mass is 16.1. The third kappa shape index (κ3) is 3.85. The highest BCUT2D eigenvalue weighted by Crippen LogP contribution is 2.19. The van der Waals surface area contributed by atoms with E-state index in [9.17, 15) is 4.79 Å². The molecule has 1 saturated heterocycles. The number of piperidine rings is 1. The van der Waals surface area contributed by atoms with Gasteiger partial charge in [-0.3, -0.25) is 4.79 Å². The first-order chi connectivity index (χ1) is 11.2. The molecule has 23 heavy (non-hydrogen) atoms. The molecule has 0 bridgehead atoms. The van der Waals surface area contributed by atoms with Crippen LogP contribution in [0.15, 0.2) is 30.9 Å². The van der Waals surface area contributed by atoms with Crippen molar-refractivity contribution in [3.8, 4) is 0 Å². The Bertz CT molecular complexity index is 641. The zero-order chi connectivity index (χ0) is 16.1. The Hall–Kier alpha value is -2.44. The fraction of sp³-hybridized carbons (Fsp3) is 0.500. The molecule has 1 aliphatic rings. The molecule has 0 aromatic carbocycles. The summed E-state index contributed by atoms with van der Waals surface area (Å²) in [5.74, 6) is 1.78. The van der Waals surface area contributed by atoms with Gasteiger partial charge in [0.1, 0.15) is 5.82 Å². The van der Waals surface area contributed by atoms with Crippen LogP contribution in [0.1, 0.15) is 18.7 Å². The van der Waals surface area contributed by atoms with Gasteiger partial charge in [-0.25, -0.2) is 15.0 Å². The van der Waals surface area contributed by atoms with Gasteiger partial charge < -0.3 is 14.8 Å². The fourth-order valence-electron chi connectivity index (χ4n) is 2.91. The molecule has 7 nitrogen and oxygen atoms in total. The zero-order valence-corrected chi connectivity index (χ0v) is 13.4. The molecule has 0 unspecified atom stereocenters. The predicted molar refractivity (Wildman–Crippen MR) is 86.9 cm³/mol. The smallest absolute Gasteiger partial charge is 0.225 e. The largest absolute Gasteiger partial charge is 0.354 e. The molecule has 1 amide bonds. The number of nitrogens with zero attached hydrogens (tertiary/aromatic N) is 5. The van der Waals surface area contributed by atoms with Crippen LogP contribution in [-0.4, -0.2) is 45.1 Å². The Kier molecular flexibility index (Phi) is 4.85. The molecule has 1 fully saturated rings. The molecule has 2 aromatic heterocycles. The molecule has 1 atom stereocenters. The van der Waals surface area contributed by atoms with Crippen LogP contribution in [0.3, 0.4) is 0 Å². The fourth-order valence-corrected chi connectivity index (χ4v) is 2.91. The van der Waals surface area contributed by atoms with E-state index in [-0.39, 0.29) is 11.8 Å². The maximum absolute atomic E-state index is 12.4. The minimum atomic E-state index is -0.00330. The monoisotopic (exact) mass is 314 g/mol. The maximum atomic E-state index is 12.4. The van der Waals surface area contributed by atoms with Crippen molar-refractivity contribution in [1.82, 2.24) is 24.8 Å². The van der Waals surface area contributed by atoms with Crippen molar-refractivity contribution < 1.29 is 4.79 Å². The lowest BCUT2D eigenvalue weighted by molar-refractivity contribution is -0.125. The number of nitrogens with one attached hydrogen (secondary N) is 1. The second-order valence-electron chi connectivity index (χ2n) is 5.79. The van der Waals surface area contributed by atoms with Crippen molar-refractivity contribution >= 4 is 11.9 Å². The lowest BCUT2D eigenvalue weighted by Gasteiger charge is -2.31. The van der Waals surface area contributed by atoms with Crippen LogP contribution in [0.4, 0.5) is 5.95 Å². The van der Waals surface area contributed by atoms with E-state index in [2.05, 4.69) is 25.2 Å². The topological polar surface area (TPSA) is 75.9 Å².